The Balaban J connectivity index is 2.13. The third-order valence-electron chi connectivity index (χ3n) is 5.25. The van der Waals surface area contributed by atoms with Crippen LogP contribution < -0.4 is 9.47 Å². The van der Waals surface area contributed by atoms with Crippen molar-refractivity contribution in [2.24, 2.45) is 0 Å². The molecule has 0 amide bonds. The zero-order chi connectivity index (χ0) is 24.9. The molecule has 0 aliphatic carbocycles. The van der Waals surface area contributed by atoms with Crippen molar-refractivity contribution < 1.29 is 27.2 Å². The van der Waals surface area contributed by atoms with Crippen LogP contribution in [0.4, 0.5) is 10.1 Å². The summed E-state index contributed by atoms with van der Waals surface area (Å²) in [5.74, 6) is -0.625. The van der Waals surface area contributed by atoms with Gasteiger partial charge in [0.1, 0.15) is 21.3 Å². The molecule has 10 heteroatoms. The van der Waals surface area contributed by atoms with Crippen LogP contribution in [0.3, 0.4) is 0 Å². The predicted molar refractivity (Wildman–Crippen MR) is 127 cm³/mol. The summed E-state index contributed by atoms with van der Waals surface area (Å²) < 4.78 is 49.8. The van der Waals surface area contributed by atoms with Gasteiger partial charge in [0, 0.05) is 30.4 Å². The fourth-order valence-electron chi connectivity index (χ4n) is 3.83. The van der Waals surface area contributed by atoms with Crippen molar-refractivity contribution in [3.8, 4) is 22.6 Å². The number of nitro groups is 1. The van der Waals surface area contributed by atoms with Crippen LogP contribution in [0.15, 0.2) is 54.7 Å². The summed E-state index contributed by atoms with van der Waals surface area (Å²) in [6, 6.07) is 12.2. The van der Waals surface area contributed by atoms with Crippen molar-refractivity contribution in [2.75, 3.05) is 25.7 Å². The van der Waals surface area contributed by atoms with Crippen LogP contribution in [0.25, 0.3) is 11.1 Å². The minimum absolute atomic E-state index is 0.0520. The molecule has 0 unspecified atom stereocenters. The van der Waals surface area contributed by atoms with Crippen molar-refractivity contribution in [3.05, 3.63) is 81.9 Å². The van der Waals surface area contributed by atoms with Crippen LogP contribution in [-0.4, -0.2) is 44.1 Å². The van der Waals surface area contributed by atoms with Crippen LogP contribution in [0.1, 0.15) is 24.1 Å². The highest BCUT2D eigenvalue weighted by Gasteiger charge is 2.28. The Morgan fingerprint density at radius 1 is 1.12 bits per heavy atom. The number of nitrogens with zero attached hydrogens (tertiary/aromatic N) is 2. The Hall–Kier alpha value is -3.53. The molecule has 2 aromatic carbocycles. The van der Waals surface area contributed by atoms with Crippen molar-refractivity contribution >= 4 is 15.5 Å². The molecule has 0 aliphatic heterocycles. The number of hydrogen-bond donors (Lipinski definition) is 0. The van der Waals surface area contributed by atoms with E-state index in [0.717, 1.165) is 6.26 Å². The van der Waals surface area contributed by atoms with E-state index >= 15 is 0 Å². The Bertz CT molecular complexity index is 1300. The van der Waals surface area contributed by atoms with E-state index in [9.17, 15) is 22.9 Å². The number of rotatable bonds is 10. The van der Waals surface area contributed by atoms with Gasteiger partial charge in [-0.3, -0.25) is 15.1 Å². The van der Waals surface area contributed by atoms with Gasteiger partial charge < -0.3 is 9.47 Å². The Morgan fingerprint density at radius 2 is 1.85 bits per heavy atom. The first-order chi connectivity index (χ1) is 16.1. The molecule has 0 aliphatic rings. The summed E-state index contributed by atoms with van der Waals surface area (Å²) in [6.45, 7) is 2.18. The number of ether oxygens (including phenoxy) is 2. The molecular formula is C24H25FN2O6S. The van der Waals surface area contributed by atoms with Gasteiger partial charge in [-0.2, -0.15) is 0 Å². The SMILES string of the molecule is CCOc1cc([C@H](Cc2nccc(-c3ccccc3F)c2[N+](=O)[O-])CS(C)(=O)=O)ccc1OC. The highest BCUT2D eigenvalue weighted by atomic mass is 32.2. The number of aromatic nitrogens is 1. The third-order valence-corrected chi connectivity index (χ3v) is 6.26. The van der Waals surface area contributed by atoms with E-state index in [2.05, 4.69) is 4.98 Å². The highest BCUT2D eigenvalue weighted by molar-refractivity contribution is 7.90. The summed E-state index contributed by atoms with van der Waals surface area (Å²) in [5.41, 5.74) is 0.455. The summed E-state index contributed by atoms with van der Waals surface area (Å²) >= 11 is 0. The zero-order valence-electron chi connectivity index (χ0n) is 19.0. The van der Waals surface area contributed by atoms with Gasteiger partial charge in [0.25, 0.3) is 5.69 Å². The van der Waals surface area contributed by atoms with E-state index in [1.165, 1.54) is 37.6 Å². The fourth-order valence-corrected chi connectivity index (χ4v) is 4.88. The lowest BCUT2D eigenvalue weighted by Gasteiger charge is -2.19. The van der Waals surface area contributed by atoms with Crippen LogP contribution in [-0.2, 0) is 16.3 Å². The van der Waals surface area contributed by atoms with Crippen LogP contribution in [0.2, 0.25) is 0 Å². The molecule has 1 atom stereocenters. The molecular weight excluding hydrogens is 463 g/mol. The lowest BCUT2D eigenvalue weighted by Crippen LogP contribution is -2.17. The highest BCUT2D eigenvalue weighted by Crippen LogP contribution is 2.37. The predicted octanol–water partition coefficient (Wildman–Crippen LogP) is 4.57. The van der Waals surface area contributed by atoms with Crippen molar-refractivity contribution in [3.63, 3.8) is 0 Å². The smallest absolute Gasteiger partial charge is 0.298 e. The molecule has 3 aromatic rings. The van der Waals surface area contributed by atoms with E-state index in [1.807, 2.05) is 6.92 Å². The topological polar surface area (TPSA) is 109 Å². The van der Waals surface area contributed by atoms with Crippen molar-refractivity contribution in [1.29, 1.82) is 0 Å². The molecule has 0 saturated carbocycles. The van der Waals surface area contributed by atoms with Crippen LogP contribution in [0.5, 0.6) is 11.5 Å². The fraction of sp³-hybridized carbons (Fsp3) is 0.292. The first kappa shape index (κ1) is 25.1. The van der Waals surface area contributed by atoms with Crippen LogP contribution >= 0.6 is 0 Å². The third kappa shape index (κ3) is 5.88. The number of hydrogen-bond acceptors (Lipinski definition) is 7. The maximum Gasteiger partial charge on any atom is 0.298 e. The van der Waals surface area contributed by atoms with Crippen molar-refractivity contribution in [1.82, 2.24) is 4.98 Å². The zero-order valence-corrected chi connectivity index (χ0v) is 19.8. The normalized spacial score (nSPS) is 12.2. The molecule has 0 N–H and O–H groups in total. The van der Waals surface area contributed by atoms with Gasteiger partial charge in [-0.15, -0.1) is 0 Å². The van der Waals surface area contributed by atoms with Gasteiger partial charge in [0.2, 0.25) is 0 Å². The molecule has 3 rings (SSSR count). The quantitative estimate of drug-likeness (QED) is 0.304. The first-order valence-corrected chi connectivity index (χ1v) is 12.6. The number of benzene rings is 2. The van der Waals surface area contributed by atoms with E-state index in [-0.39, 0.29) is 34.7 Å². The molecule has 1 aromatic heterocycles. The summed E-state index contributed by atoms with van der Waals surface area (Å²) in [7, 11) is -1.97. The average molecular weight is 489 g/mol. The number of sulfone groups is 1. The van der Waals surface area contributed by atoms with Gasteiger partial charge >= 0.3 is 0 Å². The molecule has 0 bridgehead atoms. The molecule has 8 nitrogen and oxygen atoms in total. The molecule has 0 spiro atoms. The second kappa shape index (κ2) is 10.6. The largest absolute Gasteiger partial charge is 0.493 e. The minimum Gasteiger partial charge on any atom is -0.493 e. The molecule has 1 heterocycles. The second-order valence-corrected chi connectivity index (χ2v) is 9.91. The van der Waals surface area contributed by atoms with Gasteiger partial charge in [-0.1, -0.05) is 24.3 Å². The lowest BCUT2D eigenvalue weighted by atomic mass is 9.93. The van der Waals surface area contributed by atoms with E-state index in [1.54, 1.807) is 24.3 Å². The summed E-state index contributed by atoms with van der Waals surface area (Å²) in [6.07, 6.45) is 2.41. The number of halogens is 1. The van der Waals surface area contributed by atoms with Gasteiger partial charge in [-0.25, -0.2) is 12.8 Å². The summed E-state index contributed by atoms with van der Waals surface area (Å²) in [4.78, 5) is 15.6. The van der Waals surface area contributed by atoms with E-state index in [0.29, 0.717) is 23.7 Å². The monoisotopic (exact) mass is 488 g/mol. The second-order valence-electron chi connectivity index (χ2n) is 7.73. The molecule has 34 heavy (non-hydrogen) atoms. The van der Waals surface area contributed by atoms with Crippen LogP contribution in [0, 0.1) is 15.9 Å². The number of pyridine rings is 1. The minimum atomic E-state index is -3.46. The maximum atomic E-state index is 14.4. The Morgan fingerprint density at radius 3 is 2.47 bits per heavy atom. The van der Waals surface area contributed by atoms with E-state index in [4.69, 9.17) is 9.47 Å². The molecule has 0 fully saturated rings. The molecule has 0 radical (unpaired) electrons. The molecule has 180 valence electrons. The lowest BCUT2D eigenvalue weighted by molar-refractivity contribution is -0.385. The first-order valence-electron chi connectivity index (χ1n) is 10.5. The Labute approximate surface area is 197 Å². The Kier molecular flexibility index (Phi) is 7.83. The average Bonchev–Trinajstić information content (AvgIpc) is 2.78. The van der Waals surface area contributed by atoms with E-state index < -0.39 is 26.5 Å². The summed E-state index contributed by atoms with van der Waals surface area (Å²) in [5, 5.41) is 12.0. The standard InChI is InChI=1S/C24H25FN2O6S/c1-4-33-23-14-16(9-10-22(23)32-2)17(15-34(3,30)31)13-21-24(27(28)29)19(11-12-26-21)18-7-5-6-8-20(18)25/h5-12,14,17H,4,13,15H2,1-3H3/t17-/m1/s1. The van der Waals surface area contributed by atoms with Gasteiger partial charge in [0.15, 0.2) is 11.5 Å². The number of methoxy groups -OCH3 is 1. The maximum absolute atomic E-state index is 14.4. The van der Waals surface area contributed by atoms with Crippen molar-refractivity contribution in [2.45, 2.75) is 19.3 Å². The van der Waals surface area contributed by atoms with Gasteiger partial charge in [-0.05, 0) is 36.8 Å². The molecule has 0 saturated heterocycles. The van der Waals surface area contributed by atoms with Gasteiger partial charge in [0.05, 0.1) is 30.0 Å².